The third-order valence-electron chi connectivity index (χ3n) is 3.06. The fourth-order valence-corrected chi connectivity index (χ4v) is 2.19. The van der Waals surface area contributed by atoms with E-state index >= 15 is 0 Å². The summed E-state index contributed by atoms with van der Waals surface area (Å²) in [6.07, 6.45) is 1.02. The molecule has 2 nitrogen and oxygen atoms in total. The maximum Gasteiger partial charge on any atom is 0.147 e. The lowest BCUT2D eigenvalue weighted by molar-refractivity contribution is 0.367. The molecule has 1 aromatic rings. The zero-order valence-corrected chi connectivity index (χ0v) is 10.0. The lowest BCUT2D eigenvalue weighted by atomic mass is 9.95. The Balaban J connectivity index is 2.07. The van der Waals surface area contributed by atoms with E-state index in [1.54, 1.807) is 12.1 Å². The number of piperidine rings is 1. The summed E-state index contributed by atoms with van der Waals surface area (Å²) >= 11 is 5.71. The van der Waals surface area contributed by atoms with Gasteiger partial charge < -0.3 is 10.6 Å². The van der Waals surface area contributed by atoms with Gasteiger partial charge in [-0.3, -0.25) is 0 Å². The van der Waals surface area contributed by atoms with Crippen LogP contribution in [0.5, 0.6) is 0 Å². The molecule has 0 bridgehead atoms. The van der Waals surface area contributed by atoms with Crippen LogP contribution < -0.4 is 10.6 Å². The van der Waals surface area contributed by atoms with Gasteiger partial charge in [-0.2, -0.15) is 0 Å². The van der Waals surface area contributed by atoms with Gasteiger partial charge in [0.05, 0.1) is 5.69 Å². The minimum Gasteiger partial charge on any atom is -0.380 e. The molecule has 2 atom stereocenters. The Bertz CT molecular complexity index is 370. The van der Waals surface area contributed by atoms with Gasteiger partial charge in [0.15, 0.2) is 0 Å². The van der Waals surface area contributed by atoms with Gasteiger partial charge >= 0.3 is 0 Å². The molecule has 2 N–H and O–H groups in total. The van der Waals surface area contributed by atoms with Crippen molar-refractivity contribution in [3.05, 3.63) is 29.0 Å². The second-order valence-corrected chi connectivity index (χ2v) is 4.78. The molecular formula is C12H16ClFN2. The highest BCUT2D eigenvalue weighted by Crippen LogP contribution is 2.22. The van der Waals surface area contributed by atoms with Gasteiger partial charge in [-0.1, -0.05) is 18.5 Å². The van der Waals surface area contributed by atoms with Crippen LogP contribution in [0.25, 0.3) is 0 Å². The second kappa shape index (κ2) is 5.02. The first kappa shape index (κ1) is 11.7. The van der Waals surface area contributed by atoms with Gasteiger partial charge in [-0.25, -0.2) is 4.39 Å². The van der Waals surface area contributed by atoms with Gasteiger partial charge in [0, 0.05) is 11.1 Å². The number of halogens is 2. The average Bonchev–Trinajstić information content (AvgIpc) is 2.25. The van der Waals surface area contributed by atoms with Gasteiger partial charge in [-0.15, -0.1) is 0 Å². The summed E-state index contributed by atoms with van der Waals surface area (Å²) in [5, 5.41) is 7.00. The van der Waals surface area contributed by atoms with E-state index in [2.05, 4.69) is 17.6 Å². The summed E-state index contributed by atoms with van der Waals surface area (Å²) in [6.45, 7) is 4.13. The van der Waals surface area contributed by atoms with E-state index in [4.69, 9.17) is 11.6 Å². The number of anilines is 1. The molecule has 2 rings (SSSR count). The second-order valence-electron chi connectivity index (χ2n) is 4.35. The normalized spacial score (nSPS) is 25.4. The molecule has 1 fully saturated rings. The zero-order valence-electron chi connectivity index (χ0n) is 9.26. The Morgan fingerprint density at radius 1 is 1.50 bits per heavy atom. The summed E-state index contributed by atoms with van der Waals surface area (Å²) in [5.41, 5.74) is 0.545. The van der Waals surface area contributed by atoms with Crippen LogP contribution in [0.2, 0.25) is 5.02 Å². The maximum atomic E-state index is 13.6. The SMILES string of the molecule is C[C@H]1CNCC[C@H]1Nc1ccc(Cl)cc1F. The van der Waals surface area contributed by atoms with Crippen molar-refractivity contribution in [2.24, 2.45) is 5.92 Å². The Morgan fingerprint density at radius 2 is 2.31 bits per heavy atom. The molecule has 1 aliphatic rings. The Morgan fingerprint density at radius 3 is 3.00 bits per heavy atom. The number of hydrogen-bond donors (Lipinski definition) is 2. The molecule has 0 aromatic heterocycles. The molecule has 1 aromatic carbocycles. The average molecular weight is 243 g/mol. The van der Waals surface area contributed by atoms with Crippen LogP contribution in [0.15, 0.2) is 18.2 Å². The molecule has 0 aliphatic carbocycles. The van der Waals surface area contributed by atoms with E-state index < -0.39 is 0 Å². The number of rotatable bonds is 2. The van der Waals surface area contributed by atoms with E-state index in [1.807, 2.05) is 0 Å². The third-order valence-corrected chi connectivity index (χ3v) is 3.29. The van der Waals surface area contributed by atoms with Crippen molar-refractivity contribution in [1.29, 1.82) is 0 Å². The number of hydrogen-bond acceptors (Lipinski definition) is 2. The fourth-order valence-electron chi connectivity index (χ4n) is 2.03. The van der Waals surface area contributed by atoms with Crippen molar-refractivity contribution >= 4 is 17.3 Å². The van der Waals surface area contributed by atoms with Crippen molar-refractivity contribution < 1.29 is 4.39 Å². The van der Waals surface area contributed by atoms with Crippen LogP contribution in [-0.4, -0.2) is 19.1 Å². The minimum atomic E-state index is -0.279. The van der Waals surface area contributed by atoms with Gasteiger partial charge in [0.1, 0.15) is 5.82 Å². The van der Waals surface area contributed by atoms with E-state index in [9.17, 15) is 4.39 Å². The highest BCUT2D eigenvalue weighted by atomic mass is 35.5. The Kier molecular flexibility index (Phi) is 3.66. The predicted octanol–water partition coefficient (Wildman–Crippen LogP) is 2.89. The lowest BCUT2D eigenvalue weighted by Crippen LogP contribution is -2.42. The van der Waals surface area contributed by atoms with E-state index in [1.165, 1.54) is 6.07 Å². The fraction of sp³-hybridized carbons (Fsp3) is 0.500. The number of nitrogens with one attached hydrogen (secondary N) is 2. The largest absolute Gasteiger partial charge is 0.380 e. The summed E-state index contributed by atoms with van der Waals surface area (Å²) in [4.78, 5) is 0. The van der Waals surface area contributed by atoms with Crippen molar-refractivity contribution in [2.45, 2.75) is 19.4 Å². The van der Waals surface area contributed by atoms with Gasteiger partial charge in [0.2, 0.25) is 0 Å². The molecule has 1 aliphatic heterocycles. The number of benzene rings is 1. The maximum absolute atomic E-state index is 13.6. The van der Waals surface area contributed by atoms with Gasteiger partial charge in [0.25, 0.3) is 0 Å². The molecule has 1 heterocycles. The topological polar surface area (TPSA) is 24.1 Å². The summed E-state index contributed by atoms with van der Waals surface area (Å²) in [5.74, 6) is 0.224. The Labute approximate surface area is 100 Å². The zero-order chi connectivity index (χ0) is 11.5. The summed E-state index contributed by atoms with van der Waals surface area (Å²) in [7, 11) is 0. The molecule has 0 saturated carbocycles. The van der Waals surface area contributed by atoms with Crippen LogP contribution in [0.1, 0.15) is 13.3 Å². The predicted molar refractivity (Wildman–Crippen MR) is 65.5 cm³/mol. The molecule has 4 heteroatoms. The molecule has 1 saturated heterocycles. The molecule has 16 heavy (non-hydrogen) atoms. The highest BCUT2D eigenvalue weighted by molar-refractivity contribution is 6.30. The monoisotopic (exact) mass is 242 g/mol. The first-order valence-electron chi connectivity index (χ1n) is 5.59. The standard InChI is InChI=1S/C12H16ClFN2/c1-8-7-15-5-4-11(8)16-12-3-2-9(13)6-10(12)14/h2-3,6,8,11,15-16H,4-5,7H2,1H3/t8-,11+/m0/s1. The lowest BCUT2D eigenvalue weighted by Gasteiger charge is -2.31. The van der Waals surface area contributed by atoms with Gasteiger partial charge in [-0.05, 0) is 43.6 Å². The first-order chi connectivity index (χ1) is 7.66. The molecule has 0 radical (unpaired) electrons. The van der Waals surface area contributed by atoms with Crippen molar-refractivity contribution in [3.63, 3.8) is 0 Å². The summed E-state index contributed by atoms with van der Waals surface area (Å²) < 4.78 is 13.6. The van der Waals surface area contributed by atoms with Crippen LogP contribution in [0.3, 0.4) is 0 Å². The van der Waals surface area contributed by atoms with Crippen molar-refractivity contribution in [2.75, 3.05) is 18.4 Å². The molecule has 0 unspecified atom stereocenters. The van der Waals surface area contributed by atoms with Crippen molar-refractivity contribution in [3.8, 4) is 0 Å². The van der Waals surface area contributed by atoms with Crippen molar-refractivity contribution in [1.82, 2.24) is 5.32 Å². The molecule has 0 spiro atoms. The molecule has 0 amide bonds. The molecular weight excluding hydrogens is 227 g/mol. The van der Waals surface area contributed by atoms with Crippen LogP contribution in [0, 0.1) is 11.7 Å². The highest BCUT2D eigenvalue weighted by Gasteiger charge is 2.21. The smallest absolute Gasteiger partial charge is 0.147 e. The minimum absolute atomic E-state index is 0.279. The van der Waals surface area contributed by atoms with Crippen LogP contribution >= 0.6 is 11.6 Å². The summed E-state index contributed by atoms with van der Waals surface area (Å²) in [6, 6.07) is 5.08. The van der Waals surface area contributed by atoms with Crippen LogP contribution in [-0.2, 0) is 0 Å². The van der Waals surface area contributed by atoms with Crippen LogP contribution in [0.4, 0.5) is 10.1 Å². The van der Waals surface area contributed by atoms with E-state index in [0.29, 0.717) is 22.7 Å². The first-order valence-corrected chi connectivity index (χ1v) is 5.97. The van der Waals surface area contributed by atoms with E-state index in [-0.39, 0.29) is 5.82 Å². The quantitative estimate of drug-likeness (QED) is 0.833. The molecule has 88 valence electrons. The van der Waals surface area contributed by atoms with E-state index in [0.717, 1.165) is 19.5 Å². The third kappa shape index (κ3) is 2.66. The Hall–Kier alpha value is -0.800.